The zero-order valence-corrected chi connectivity index (χ0v) is 14.8. The van der Waals surface area contributed by atoms with Crippen molar-refractivity contribution in [3.63, 3.8) is 0 Å². The number of hydrogen-bond acceptors (Lipinski definition) is 4. The molecule has 0 saturated heterocycles. The smallest absolute Gasteiger partial charge is 0.241 e. The maximum Gasteiger partial charge on any atom is 0.241 e. The van der Waals surface area contributed by atoms with Crippen LogP contribution in [0.2, 0.25) is 0 Å². The van der Waals surface area contributed by atoms with Crippen LogP contribution in [0.5, 0.6) is 0 Å². The molecule has 132 valence electrons. The third-order valence-electron chi connectivity index (χ3n) is 4.73. The summed E-state index contributed by atoms with van der Waals surface area (Å²) < 4.78 is 4.95. The standard InChI is InChI=1S/C19H23N3O3/c1-4-13-7-6-8-14(5-2)16(13)21-18(24)19(9-10-19)17(23)20-15-11-12(3)25-22-15/h6-8,11H,4-5,9-10H2,1-3H3,(H,21,24)(H,20,22,23). The highest BCUT2D eigenvalue weighted by Crippen LogP contribution is 2.47. The largest absolute Gasteiger partial charge is 0.360 e. The summed E-state index contributed by atoms with van der Waals surface area (Å²) >= 11 is 0. The molecule has 0 aliphatic heterocycles. The third kappa shape index (κ3) is 3.29. The van der Waals surface area contributed by atoms with Gasteiger partial charge in [0.2, 0.25) is 11.8 Å². The van der Waals surface area contributed by atoms with Gasteiger partial charge in [0, 0.05) is 11.8 Å². The molecule has 25 heavy (non-hydrogen) atoms. The number of nitrogens with zero attached hydrogens (tertiary/aromatic N) is 1. The van der Waals surface area contributed by atoms with Gasteiger partial charge in [0.15, 0.2) is 5.82 Å². The highest BCUT2D eigenvalue weighted by atomic mass is 16.5. The summed E-state index contributed by atoms with van der Waals surface area (Å²) in [6, 6.07) is 7.65. The van der Waals surface area contributed by atoms with Gasteiger partial charge in [0.05, 0.1) is 0 Å². The third-order valence-corrected chi connectivity index (χ3v) is 4.73. The average molecular weight is 341 g/mol. The van der Waals surface area contributed by atoms with E-state index in [0.717, 1.165) is 29.7 Å². The van der Waals surface area contributed by atoms with Crippen molar-refractivity contribution in [2.24, 2.45) is 5.41 Å². The van der Waals surface area contributed by atoms with E-state index in [4.69, 9.17) is 4.52 Å². The van der Waals surface area contributed by atoms with Crippen molar-refractivity contribution in [2.75, 3.05) is 10.6 Å². The molecule has 1 aromatic carbocycles. The van der Waals surface area contributed by atoms with Crippen LogP contribution in [-0.2, 0) is 22.4 Å². The van der Waals surface area contributed by atoms with E-state index in [1.165, 1.54) is 0 Å². The second kappa shape index (κ2) is 6.70. The Kier molecular flexibility index (Phi) is 4.61. The highest BCUT2D eigenvalue weighted by Gasteiger charge is 2.56. The Morgan fingerprint density at radius 3 is 2.20 bits per heavy atom. The molecule has 6 nitrogen and oxygen atoms in total. The van der Waals surface area contributed by atoms with Crippen molar-refractivity contribution in [1.29, 1.82) is 0 Å². The minimum absolute atomic E-state index is 0.249. The molecule has 3 rings (SSSR count). The van der Waals surface area contributed by atoms with Gasteiger partial charge >= 0.3 is 0 Å². The lowest BCUT2D eigenvalue weighted by Crippen LogP contribution is -2.36. The Bertz CT molecular complexity index is 784. The van der Waals surface area contributed by atoms with Gasteiger partial charge in [-0.2, -0.15) is 0 Å². The van der Waals surface area contributed by atoms with Gasteiger partial charge in [-0.1, -0.05) is 37.2 Å². The molecule has 2 aromatic rings. The van der Waals surface area contributed by atoms with E-state index in [9.17, 15) is 9.59 Å². The second-order valence-electron chi connectivity index (χ2n) is 6.47. The van der Waals surface area contributed by atoms with Crippen LogP contribution in [0.4, 0.5) is 11.5 Å². The lowest BCUT2D eigenvalue weighted by atomic mass is 10.0. The normalized spacial score (nSPS) is 14.8. The number of carbonyl (C=O) groups excluding carboxylic acids is 2. The van der Waals surface area contributed by atoms with Crippen LogP contribution >= 0.6 is 0 Å². The zero-order valence-electron chi connectivity index (χ0n) is 14.8. The zero-order chi connectivity index (χ0) is 18.0. The Hall–Kier alpha value is -2.63. The van der Waals surface area contributed by atoms with Crippen molar-refractivity contribution in [3.05, 3.63) is 41.2 Å². The molecular weight excluding hydrogens is 318 g/mol. The van der Waals surface area contributed by atoms with Crippen molar-refractivity contribution < 1.29 is 14.1 Å². The maximum absolute atomic E-state index is 12.9. The number of nitrogens with one attached hydrogen (secondary N) is 2. The summed E-state index contributed by atoms with van der Waals surface area (Å²) in [4.78, 5) is 25.4. The molecule has 0 unspecified atom stereocenters. The van der Waals surface area contributed by atoms with Crippen molar-refractivity contribution >= 4 is 23.3 Å². The van der Waals surface area contributed by atoms with Crippen LogP contribution in [0.3, 0.4) is 0 Å². The van der Waals surface area contributed by atoms with E-state index in [-0.39, 0.29) is 11.8 Å². The van der Waals surface area contributed by atoms with Crippen LogP contribution in [0, 0.1) is 12.3 Å². The molecule has 0 bridgehead atoms. The van der Waals surface area contributed by atoms with Crippen molar-refractivity contribution in [3.8, 4) is 0 Å². The number of anilines is 2. The highest BCUT2D eigenvalue weighted by molar-refractivity contribution is 6.17. The van der Waals surface area contributed by atoms with Crippen LogP contribution < -0.4 is 10.6 Å². The van der Waals surface area contributed by atoms with Gasteiger partial charge in [0.1, 0.15) is 11.2 Å². The number of benzene rings is 1. The Morgan fingerprint density at radius 2 is 1.72 bits per heavy atom. The van der Waals surface area contributed by atoms with Gasteiger partial charge in [-0.15, -0.1) is 0 Å². The average Bonchev–Trinajstić information content (AvgIpc) is 3.33. The van der Waals surface area contributed by atoms with E-state index in [2.05, 4.69) is 29.6 Å². The Balaban J connectivity index is 1.78. The molecule has 1 aliphatic carbocycles. The van der Waals surface area contributed by atoms with Gasteiger partial charge in [-0.25, -0.2) is 0 Å². The predicted octanol–water partition coefficient (Wildman–Crippen LogP) is 3.47. The van der Waals surface area contributed by atoms with Crippen LogP contribution in [0.25, 0.3) is 0 Å². The van der Waals surface area contributed by atoms with E-state index in [0.29, 0.717) is 24.4 Å². The fourth-order valence-electron chi connectivity index (χ4n) is 2.98. The number of para-hydroxylation sites is 1. The molecule has 1 aliphatic rings. The summed E-state index contributed by atoms with van der Waals surface area (Å²) in [5, 5.41) is 9.45. The van der Waals surface area contributed by atoms with Gasteiger partial charge in [0.25, 0.3) is 0 Å². The van der Waals surface area contributed by atoms with Gasteiger partial charge in [-0.3, -0.25) is 9.59 Å². The lowest BCUT2D eigenvalue weighted by molar-refractivity contribution is -0.131. The topological polar surface area (TPSA) is 84.2 Å². The number of amides is 2. The number of aromatic nitrogens is 1. The number of aryl methyl sites for hydroxylation is 3. The first-order valence-corrected chi connectivity index (χ1v) is 8.67. The van der Waals surface area contributed by atoms with Crippen LogP contribution in [0.15, 0.2) is 28.8 Å². The minimum Gasteiger partial charge on any atom is -0.360 e. The van der Waals surface area contributed by atoms with E-state index in [1.54, 1.807) is 13.0 Å². The quantitative estimate of drug-likeness (QED) is 0.788. The molecule has 0 spiro atoms. The first kappa shape index (κ1) is 17.2. The molecule has 1 saturated carbocycles. The Labute approximate surface area is 147 Å². The summed E-state index contributed by atoms with van der Waals surface area (Å²) in [5.74, 6) is 0.366. The molecule has 1 heterocycles. The summed E-state index contributed by atoms with van der Waals surface area (Å²) in [5.41, 5.74) is 1.99. The molecule has 1 aromatic heterocycles. The summed E-state index contributed by atoms with van der Waals surface area (Å²) in [7, 11) is 0. The van der Waals surface area contributed by atoms with E-state index >= 15 is 0 Å². The SMILES string of the molecule is CCc1cccc(CC)c1NC(=O)C1(C(=O)Nc2cc(C)on2)CC1. The minimum atomic E-state index is -1.02. The van der Waals surface area contributed by atoms with Gasteiger partial charge < -0.3 is 15.2 Å². The van der Waals surface area contributed by atoms with Crippen LogP contribution in [0.1, 0.15) is 43.6 Å². The predicted molar refractivity (Wildman–Crippen MR) is 95.4 cm³/mol. The number of hydrogen-bond donors (Lipinski definition) is 2. The summed E-state index contributed by atoms with van der Waals surface area (Å²) in [6.07, 6.45) is 2.72. The van der Waals surface area contributed by atoms with Crippen molar-refractivity contribution in [2.45, 2.75) is 46.5 Å². The summed E-state index contributed by atoms with van der Waals surface area (Å²) in [6.45, 7) is 5.85. The molecule has 2 N–H and O–H groups in total. The van der Waals surface area contributed by atoms with Gasteiger partial charge in [-0.05, 0) is 43.7 Å². The number of carbonyl (C=O) groups is 2. The monoisotopic (exact) mass is 341 g/mol. The molecule has 2 amide bonds. The van der Waals surface area contributed by atoms with E-state index < -0.39 is 5.41 Å². The molecular formula is C19H23N3O3. The fraction of sp³-hybridized carbons (Fsp3) is 0.421. The van der Waals surface area contributed by atoms with Crippen LogP contribution in [-0.4, -0.2) is 17.0 Å². The second-order valence-corrected chi connectivity index (χ2v) is 6.47. The molecule has 1 fully saturated rings. The Morgan fingerprint density at radius 1 is 1.12 bits per heavy atom. The first-order valence-electron chi connectivity index (χ1n) is 8.67. The number of rotatable bonds is 6. The molecule has 0 atom stereocenters. The molecule has 0 radical (unpaired) electrons. The lowest BCUT2D eigenvalue weighted by Gasteiger charge is -2.18. The van der Waals surface area contributed by atoms with Crippen molar-refractivity contribution in [1.82, 2.24) is 5.16 Å². The van der Waals surface area contributed by atoms with E-state index in [1.807, 2.05) is 18.2 Å². The fourth-order valence-corrected chi connectivity index (χ4v) is 2.98. The maximum atomic E-state index is 12.9. The first-order chi connectivity index (χ1) is 12.0. The molecule has 6 heteroatoms.